The van der Waals surface area contributed by atoms with Crippen LogP contribution in [-0.2, 0) is 4.79 Å². The quantitative estimate of drug-likeness (QED) is 0.767. The highest BCUT2D eigenvalue weighted by atomic mass is 19.1. The van der Waals surface area contributed by atoms with Crippen LogP contribution in [0.2, 0.25) is 0 Å². The molecule has 0 saturated carbocycles. The number of benzene rings is 1. The smallest absolute Gasteiger partial charge is 0.250 e. The van der Waals surface area contributed by atoms with E-state index in [2.05, 4.69) is 15.6 Å². The molecule has 1 unspecified atom stereocenters. The van der Waals surface area contributed by atoms with E-state index in [-0.39, 0.29) is 11.9 Å². The summed E-state index contributed by atoms with van der Waals surface area (Å²) in [5, 5.41) is 14.6. The van der Waals surface area contributed by atoms with Crippen molar-refractivity contribution in [2.45, 2.75) is 19.4 Å². The SMILES string of the molecule is CCC(Nc1cccc(NC(=O)CO)c1)c1ccc(F)cn1. The molecule has 0 radical (unpaired) electrons. The van der Waals surface area contributed by atoms with Gasteiger partial charge in [0.2, 0.25) is 5.91 Å². The van der Waals surface area contributed by atoms with Gasteiger partial charge in [-0.3, -0.25) is 9.78 Å². The number of amides is 1. The van der Waals surface area contributed by atoms with Gasteiger partial charge in [-0.15, -0.1) is 0 Å². The minimum atomic E-state index is -0.561. The Hall–Kier alpha value is -2.47. The summed E-state index contributed by atoms with van der Waals surface area (Å²) in [7, 11) is 0. The Morgan fingerprint density at radius 3 is 2.73 bits per heavy atom. The summed E-state index contributed by atoms with van der Waals surface area (Å²) in [6, 6.07) is 10.1. The van der Waals surface area contributed by atoms with Crippen LogP contribution in [0.3, 0.4) is 0 Å². The minimum absolute atomic E-state index is 0.0654. The molecule has 22 heavy (non-hydrogen) atoms. The molecule has 2 aromatic rings. The molecule has 5 nitrogen and oxygen atoms in total. The lowest BCUT2D eigenvalue weighted by Crippen LogP contribution is -2.16. The number of nitrogens with one attached hydrogen (secondary N) is 2. The molecule has 6 heteroatoms. The van der Waals surface area contributed by atoms with Crippen LogP contribution in [-0.4, -0.2) is 22.6 Å². The molecular formula is C16H18FN3O2. The highest BCUT2D eigenvalue weighted by molar-refractivity contribution is 5.91. The number of hydrogen-bond acceptors (Lipinski definition) is 4. The number of halogens is 1. The van der Waals surface area contributed by atoms with Gasteiger partial charge in [-0.25, -0.2) is 4.39 Å². The largest absolute Gasteiger partial charge is 0.387 e. The highest BCUT2D eigenvalue weighted by Gasteiger charge is 2.11. The lowest BCUT2D eigenvalue weighted by molar-refractivity contribution is -0.118. The summed E-state index contributed by atoms with van der Waals surface area (Å²) >= 11 is 0. The van der Waals surface area contributed by atoms with Gasteiger partial charge >= 0.3 is 0 Å². The number of carbonyl (C=O) groups excluding carboxylic acids is 1. The third-order valence-corrected chi connectivity index (χ3v) is 3.15. The molecule has 1 aromatic heterocycles. The second-order valence-electron chi connectivity index (χ2n) is 4.79. The first-order valence-electron chi connectivity index (χ1n) is 7.01. The van der Waals surface area contributed by atoms with Crippen molar-refractivity contribution in [3.63, 3.8) is 0 Å². The van der Waals surface area contributed by atoms with Gasteiger partial charge in [-0.1, -0.05) is 13.0 Å². The molecule has 0 spiro atoms. The minimum Gasteiger partial charge on any atom is -0.387 e. The topological polar surface area (TPSA) is 74.2 Å². The first kappa shape index (κ1) is 15.9. The first-order valence-corrected chi connectivity index (χ1v) is 7.01. The molecule has 0 bridgehead atoms. The summed E-state index contributed by atoms with van der Waals surface area (Å²) in [5.74, 6) is -0.836. The molecular weight excluding hydrogens is 285 g/mol. The number of hydrogen-bond donors (Lipinski definition) is 3. The fourth-order valence-corrected chi connectivity index (χ4v) is 2.07. The summed E-state index contributed by atoms with van der Waals surface area (Å²) in [4.78, 5) is 15.3. The van der Waals surface area contributed by atoms with E-state index in [0.29, 0.717) is 5.69 Å². The van der Waals surface area contributed by atoms with Gasteiger partial charge in [-0.05, 0) is 36.8 Å². The van der Waals surface area contributed by atoms with Crippen molar-refractivity contribution in [3.8, 4) is 0 Å². The number of carbonyl (C=O) groups is 1. The number of nitrogens with zero attached hydrogens (tertiary/aromatic N) is 1. The summed E-state index contributed by atoms with van der Waals surface area (Å²) < 4.78 is 12.9. The predicted octanol–water partition coefficient (Wildman–Crippen LogP) is 2.71. The summed E-state index contributed by atoms with van der Waals surface area (Å²) in [5.41, 5.74) is 2.13. The summed E-state index contributed by atoms with van der Waals surface area (Å²) in [6.45, 7) is 1.44. The van der Waals surface area contributed by atoms with Gasteiger partial charge in [0.05, 0.1) is 17.9 Å². The van der Waals surface area contributed by atoms with Crippen LogP contribution in [0.5, 0.6) is 0 Å². The normalized spacial score (nSPS) is 11.8. The molecule has 0 fully saturated rings. The zero-order valence-electron chi connectivity index (χ0n) is 12.2. The maximum Gasteiger partial charge on any atom is 0.250 e. The first-order chi connectivity index (χ1) is 10.6. The van der Waals surface area contributed by atoms with Crippen LogP contribution >= 0.6 is 0 Å². The maximum absolute atomic E-state index is 12.9. The molecule has 1 aromatic carbocycles. The number of rotatable bonds is 6. The van der Waals surface area contributed by atoms with Crippen molar-refractivity contribution in [2.24, 2.45) is 0 Å². The third-order valence-electron chi connectivity index (χ3n) is 3.15. The number of aromatic nitrogens is 1. The standard InChI is InChI=1S/C16H18FN3O2/c1-2-14(15-7-6-11(17)9-18-15)19-12-4-3-5-13(8-12)20-16(22)10-21/h3-9,14,19,21H,2,10H2,1H3,(H,20,22). The maximum atomic E-state index is 12.9. The Kier molecular flexibility index (Phi) is 5.43. The molecule has 116 valence electrons. The van der Waals surface area contributed by atoms with Crippen LogP contribution in [0.1, 0.15) is 25.1 Å². The van der Waals surface area contributed by atoms with E-state index >= 15 is 0 Å². The van der Waals surface area contributed by atoms with Crippen molar-refractivity contribution in [3.05, 3.63) is 54.1 Å². The molecule has 0 aliphatic rings. The number of aliphatic hydroxyl groups is 1. The van der Waals surface area contributed by atoms with E-state index in [0.717, 1.165) is 17.8 Å². The number of pyridine rings is 1. The van der Waals surface area contributed by atoms with Gasteiger partial charge in [0.15, 0.2) is 0 Å². The lowest BCUT2D eigenvalue weighted by Gasteiger charge is -2.18. The Morgan fingerprint density at radius 1 is 1.32 bits per heavy atom. The Bertz CT molecular complexity index is 632. The average molecular weight is 303 g/mol. The van der Waals surface area contributed by atoms with Crippen molar-refractivity contribution in [1.29, 1.82) is 0 Å². The predicted molar refractivity (Wildman–Crippen MR) is 83.0 cm³/mol. The van der Waals surface area contributed by atoms with Gasteiger partial charge in [0.25, 0.3) is 0 Å². The van der Waals surface area contributed by atoms with Crippen molar-refractivity contribution >= 4 is 17.3 Å². The van der Waals surface area contributed by atoms with E-state index in [1.807, 2.05) is 13.0 Å². The van der Waals surface area contributed by atoms with Crippen LogP contribution < -0.4 is 10.6 Å². The van der Waals surface area contributed by atoms with Crippen molar-refractivity contribution < 1.29 is 14.3 Å². The van der Waals surface area contributed by atoms with Gasteiger partial charge < -0.3 is 15.7 Å². The second kappa shape index (κ2) is 7.51. The molecule has 0 aliphatic carbocycles. The Balaban J connectivity index is 2.12. The third kappa shape index (κ3) is 4.26. The number of aliphatic hydroxyl groups excluding tert-OH is 1. The van der Waals surface area contributed by atoms with Crippen molar-refractivity contribution in [1.82, 2.24) is 4.98 Å². The van der Waals surface area contributed by atoms with Gasteiger partial charge in [-0.2, -0.15) is 0 Å². The lowest BCUT2D eigenvalue weighted by atomic mass is 10.1. The van der Waals surface area contributed by atoms with Crippen LogP contribution in [0.4, 0.5) is 15.8 Å². The van der Waals surface area contributed by atoms with E-state index in [4.69, 9.17) is 5.11 Å². The molecule has 1 heterocycles. The molecule has 1 amide bonds. The van der Waals surface area contributed by atoms with Gasteiger partial charge in [0.1, 0.15) is 12.4 Å². The van der Waals surface area contributed by atoms with Crippen LogP contribution in [0.25, 0.3) is 0 Å². The molecule has 1 atom stereocenters. The molecule has 3 N–H and O–H groups in total. The van der Waals surface area contributed by atoms with Crippen LogP contribution in [0.15, 0.2) is 42.6 Å². The Morgan fingerprint density at radius 2 is 2.09 bits per heavy atom. The second-order valence-corrected chi connectivity index (χ2v) is 4.79. The fourth-order valence-electron chi connectivity index (χ4n) is 2.07. The monoisotopic (exact) mass is 303 g/mol. The number of anilines is 2. The van der Waals surface area contributed by atoms with Crippen molar-refractivity contribution in [2.75, 3.05) is 17.2 Å². The molecule has 2 rings (SSSR count). The van der Waals surface area contributed by atoms with Crippen LogP contribution in [0, 0.1) is 5.82 Å². The highest BCUT2D eigenvalue weighted by Crippen LogP contribution is 2.23. The van der Waals surface area contributed by atoms with E-state index in [9.17, 15) is 9.18 Å². The van der Waals surface area contributed by atoms with Gasteiger partial charge in [0, 0.05) is 11.4 Å². The fraction of sp³-hybridized carbons (Fsp3) is 0.250. The van der Waals surface area contributed by atoms with E-state index in [1.54, 1.807) is 24.3 Å². The zero-order valence-corrected chi connectivity index (χ0v) is 12.2. The molecule has 0 aliphatic heterocycles. The van der Waals surface area contributed by atoms with E-state index < -0.39 is 12.5 Å². The average Bonchev–Trinajstić information content (AvgIpc) is 2.54. The summed E-state index contributed by atoms with van der Waals surface area (Å²) in [6.07, 6.45) is 1.96. The van der Waals surface area contributed by atoms with E-state index in [1.165, 1.54) is 12.3 Å². The Labute approximate surface area is 128 Å². The molecule has 0 saturated heterocycles. The zero-order chi connectivity index (χ0) is 15.9.